The molecule has 34 heavy (non-hydrogen) atoms. The van der Waals surface area contributed by atoms with E-state index in [0.29, 0.717) is 11.8 Å². The van der Waals surface area contributed by atoms with E-state index in [0.717, 1.165) is 49.9 Å². The van der Waals surface area contributed by atoms with Crippen LogP contribution in [0.5, 0.6) is 0 Å². The van der Waals surface area contributed by atoms with Crippen molar-refractivity contribution in [2.24, 2.45) is 0 Å². The van der Waals surface area contributed by atoms with Crippen LogP contribution in [0.3, 0.4) is 0 Å². The second-order valence-electron chi connectivity index (χ2n) is 9.62. The Hall–Kier alpha value is -3.85. The maximum atomic E-state index is 6.50. The van der Waals surface area contributed by atoms with Crippen LogP contribution in [0.2, 0.25) is 0 Å². The van der Waals surface area contributed by atoms with Gasteiger partial charge in [0.2, 0.25) is 0 Å². The first-order valence-corrected chi connectivity index (χ1v) is 11.9. The maximum absolute atomic E-state index is 6.50. The van der Waals surface area contributed by atoms with Gasteiger partial charge in [0.05, 0.1) is 5.69 Å². The fraction of sp³-hybridized carbons (Fsp3) is 0.194. The molecule has 0 fully saturated rings. The molecule has 0 saturated carbocycles. The van der Waals surface area contributed by atoms with Crippen LogP contribution in [-0.2, 0) is 0 Å². The second-order valence-corrected chi connectivity index (χ2v) is 9.62. The van der Waals surface area contributed by atoms with E-state index in [9.17, 15) is 0 Å². The third-order valence-electron chi connectivity index (χ3n) is 6.70. The summed E-state index contributed by atoms with van der Waals surface area (Å²) >= 11 is 0. The Balaban J connectivity index is 1.53. The fourth-order valence-electron chi connectivity index (χ4n) is 4.99. The van der Waals surface area contributed by atoms with Gasteiger partial charge in [0.25, 0.3) is 0 Å². The molecule has 3 aromatic heterocycles. The normalized spacial score (nSPS) is 12.1. The van der Waals surface area contributed by atoms with Crippen molar-refractivity contribution < 1.29 is 8.83 Å². The Morgan fingerprint density at radius 2 is 1.38 bits per heavy atom. The summed E-state index contributed by atoms with van der Waals surface area (Å²) in [6, 6.07) is 25.1. The van der Waals surface area contributed by atoms with Gasteiger partial charge < -0.3 is 8.83 Å². The van der Waals surface area contributed by atoms with Crippen LogP contribution in [0.1, 0.15) is 50.7 Å². The van der Waals surface area contributed by atoms with Crippen LogP contribution in [0.15, 0.2) is 87.8 Å². The number of hydrogen-bond donors (Lipinski definition) is 0. The number of benzene rings is 3. The SMILES string of the molecule is CC(C)c1cccc(C(C)C)c1-c1cc2cnc(-c3cccc4c3oc3ccccc34)cc2o1. The quantitative estimate of drug-likeness (QED) is 0.271. The van der Waals surface area contributed by atoms with Crippen molar-refractivity contribution in [3.8, 4) is 22.6 Å². The van der Waals surface area contributed by atoms with Crippen molar-refractivity contribution in [1.29, 1.82) is 0 Å². The van der Waals surface area contributed by atoms with Gasteiger partial charge in [0, 0.05) is 39.5 Å². The summed E-state index contributed by atoms with van der Waals surface area (Å²) in [6.07, 6.45) is 1.91. The highest BCUT2D eigenvalue weighted by Gasteiger charge is 2.20. The molecule has 0 N–H and O–H groups in total. The molecule has 6 rings (SSSR count). The first-order valence-electron chi connectivity index (χ1n) is 11.9. The van der Waals surface area contributed by atoms with Crippen LogP contribution >= 0.6 is 0 Å². The molecule has 3 nitrogen and oxygen atoms in total. The average molecular weight is 446 g/mol. The van der Waals surface area contributed by atoms with Gasteiger partial charge in [0.15, 0.2) is 0 Å². The molecule has 3 heteroatoms. The van der Waals surface area contributed by atoms with E-state index in [-0.39, 0.29) is 0 Å². The van der Waals surface area contributed by atoms with Crippen molar-refractivity contribution >= 4 is 32.9 Å². The zero-order valence-corrected chi connectivity index (χ0v) is 19.9. The monoisotopic (exact) mass is 445 g/mol. The minimum absolute atomic E-state index is 0.404. The Bertz CT molecular complexity index is 1640. The maximum Gasteiger partial charge on any atom is 0.144 e. The molecule has 0 spiro atoms. The number of furan rings is 2. The molecule has 0 bridgehead atoms. The molecule has 3 heterocycles. The summed E-state index contributed by atoms with van der Waals surface area (Å²) in [7, 11) is 0. The zero-order chi connectivity index (χ0) is 23.4. The molecule has 0 saturated heterocycles. The van der Waals surface area contributed by atoms with E-state index in [2.05, 4.69) is 76.2 Å². The largest absolute Gasteiger partial charge is 0.456 e. The Morgan fingerprint density at radius 1 is 0.676 bits per heavy atom. The molecule has 3 aromatic carbocycles. The van der Waals surface area contributed by atoms with Crippen molar-refractivity contribution in [3.63, 3.8) is 0 Å². The lowest BCUT2D eigenvalue weighted by Crippen LogP contribution is -1.98. The minimum Gasteiger partial charge on any atom is -0.456 e. The predicted molar refractivity (Wildman–Crippen MR) is 140 cm³/mol. The average Bonchev–Trinajstić information content (AvgIpc) is 3.44. The van der Waals surface area contributed by atoms with Gasteiger partial charge in [-0.3, -0.25) is 4.98 Å². The van der Waals surface area contributed by atoms with Gasteiger partial charge in [-0.1, -0.05) is 76.2 Å². The molecular formula is C31H27NO2. The van der Waals surface area contributed by atoms with E-state index in [1.54, 1.807) is 0 Å². The second kappa shape index (κ2) is 7.88. The van der Waals surface area contributed by atoms with Gasteiger partial charge in [-0.15, -0.1) is 0 Å². The molecular weight excluding hydrogens is 418 g/mol. The van der Waals surface area contributed by atoms with E-state index < -0.39 is 0 Å². The van der Waals surface area contributed by atoms with Crippen molar-refractivity contribution in [1.82, 2.24) is 4.98 Å². The van der Waals surface area contributed by atoms with E-state index >= 15 is 0 Å². The smallest absolute Gasteiger partial charge is 0.144 e. The Morgan fingerprint density at radius 3 is 2.15 bits per heavy atom. The Labute approximate surface area is 199 Å². The third-order valence-corrected chi connectivity index (χ3v) is 6.70. The molecule has 0 aliphatic rings. The first kappa shape index (κ1) is 20.7. The molecule has 0 amide bonds. The molecule has 6 aromatic rings. The highest BCUT2D eigenvalue weighted by Crippen LogP contribution is 2.40. The lowest BCUT2D eigenvalue weighted by molar-refractivity contribution is 0.627. The topological polar surface area (TPSA) is 39.2 Å². The van der Waals surface area contributed by atoms with Crippen molar-refractivity contribution in [2.45, 2.75) is 39.5 Å². The lowest BCUT2D eigenvalue weighted by atomic mass is 9.87. The Kier molecular flexibility index (Phi) is 4.80. The molecule has 0 atom stereocenters. The number of hydrogen-bond acceptors (Lipinski definition) is 3. The number of aromatic nitrogens is 1. The van der Waals surface area contributed by atoms with Gasteiger partial charge in [0.1, 0.15) is 22.5 Å². The zero-order valence-electron chi connectivity index (χ0n) is 19.9. The van der Waals surface area contributed by atoms with Crippen LogP contribution in [0, 0.1) is 0 Å². The van der Waals surface area contributed by atoms with E-state index in [4.69, 9.17) is 13.8 Å². The molecule has 0 unspecified atom stereocenters. The summed E-state index contributed by atoms with van der Waals surface area (Å²) < 4.78 is 12.7. The molecule has 0 aliphatic heterocycles. The number of fused-ring (bicyclic) bond motifs is 4. The highest BCUT2D eigenvalue weighted by atomic mass is 16.3. The van der Waals surface area contributed by atoms with Crippen LogP contribution < -0.4 is 0 Å². The molecule has 168 valence electrons. The summed E-state index contributed by atoms with van der Waals surface area (Å²) in [5.41, 5.74) is 8.23. The minimum atomic E-state index is 0.404. The number of pyridine rings is 1. The first-order chi connectivity index (χ1) is 16.5. The predicted octanol–water partition coefficient (Wildman–Crippen LogP) is 9.31. The standard InChI is InChI=1S/C31H27NO2/c1-18(2)21-10-7-11-22(19(3)4)30(21)29-15-20-17-32-26(16-28(20)33-29)25-13-8-12-24-23-9-5-6-14-27(23)34-31(24)25/h5-19H,1-4H3. The lowest BCUT2D eigenvalue weighted by Gasteiger charge is -2.17. The van der Waals surface area contributed by atoms with E-state index in [1.807, 2.05) is 30.5 Å². The molecule has 0 radical (unpaired) electrons. The molecule has 0 aliphatic carbocycles. The highest BCUT2D eigenvalue weighted by molar-refractivity contribution is 6.09. The van der Waals surface area contributed by atoms with Gasteiger partial charge in [-0.2, -0.15) is 0 Å². The van der Waals surface area contributed by atoms with Crippen LogP contribution in [-0.4, -0.2) is 4.98 Å². The summed E-state index contributed by atoms with van der Waals surface area (Å²) in [5.74, 6) is 1.71. The van der Waals surface area contributed by atoms with Crippen molar-refractivity contribution in [3.05, 3.63) is 90.1 Å². The van der Waals surface area contributed by atoms with Gasteiger partial charge in [-0.05, 0) is 41.2 Å². The number of rotatable bonds is 4. The summed E-state index contributed by atoms with van der Waals surface area (Å²) in [4.78, 5) is 4.80. The van der Waals surface area contributed by atoms with Crippen LogP contribution in [0.4, 0.5) is 0 Å². The van der Waals surface area contributed by atoms with Gasteiger partial charge >= 0.3 is 0 Å². The number of nitrogens with zero attached hydrogens (tertiary/aromatic N) is 1. The number of para-hydroxylation sites is 2. The summed E-state index contributed by atoms with van der Waals surface area (Å²) in [6.45, 7) is 8.94. The van der Waals surface area contributed by atoms with E-state index in [1.165, 1.54) is 16.7 Å². The fourth-order valence-corrected chi connectivity index (χ4v) is 4.99. The third kappa shape index (κ3) is 3.23. The van der Waals surface area contributed by atoms with Gasteiger partial charge in [-0.25, -0.2) is 0 Å². The summed E-state index contributed by atoms with van der Waals surface area (Å²) in [5, 5.41) is 3.22. The van der Waals surface area contributed by atoms with Crippen LogP contribution in [0.25, 0.3) is 55.5 Å². The van der Waals surface area contributed by atoms with Crippen molar-refractivity contribution in [2.75, 3.05) is 0 Å².